The zero-order valence-corrected chi connectivity index (χ0v) is 16.4. The van der Waals surface area contributed by atoms with E-state index >= 15 is 0 Å². The highest BCUT2D eigenvalue weighted by atomic mass is 16.5. The van der Waals surface area contributed by atoms with Gasteiger partial charge in [-0.2, -0.15) is 0 Å². The highest BCUT2D eigenvalue weighted by molar-refractivity contribution is 5.96. The van der Waals surface area contributed by atoms with Gasteiger partial charge in [-0.3, -0.25) is 4.79 Å². The van der Waals surface area contributed by atoms with Crippen molar-refractivity contribution in [3.63, 3.8) is 0 Å². The summed E-state index contributed by atoms with van der Waals surface area (Å²) in [6.45, 7) is 2.22. The molecule has 0 aliphatic carbocycles. The van der Waals surface area contributed by atoms with Crippen molar-refractivity contribution < 1.29 is 14.3 Å². The summed E-state index contributed by atoms with van der Waals surface area (Å²) in [7, 11) is 1.29. The third kappa shape index (κ3) is 6.70. The summed E-state index contributed by atoms with van der Waals surface area (Å²) in [6.07, 6.45) is 0.451. The molecule has 150 valence electrons. The van der Waals surface area contributed by atoms with Crippen LogP contribution >= 0.6 is 0 Å². The molecule has 5 N–H and O–H groups in total. The number of nitrogens with one attached hydrogen (secondary N) is 1. The van der Waals surface area contributed by atoms with E-state index in [4.69, 9.17) is 11.5 Å². The van der Waals surface area contributed by atoms with Gasteiger partial charge in [-0.05, 0) is 48.4 Å². The number of esters is 1. The molecule has 2 aromatic carbocycles. The number of nitrogens with two attached hydrogens (primary N) is 2. The molecule has 0 aliphatic heterocycles. The van der Waals surface area contributed by atoms with Gasteiger partial charge in [0, 0.05) is 16.7 Å². The SMILES string of the molecule is CC[C@H](NC(=O)c1ccc(C#Cc2ccc(CN=C(N)N)cc2)cc1)C(=O)OC. The number of rotatable bonds is 6. The second-order valence-electron chi connectivity index (χ2n) is 6.22. The van der Waals surface area contributed by atoms with Gasteiger partial charge in [-0.1, -0.05) is 30.9 Å². The van der Waals surface area contributed by atoms with Crippen molar-refractivity contribution in [1.82, 2.24) is 5.32 Å². The topological polar surface area (TPSA) is 120 Å². The summed E-state index contributed by atoms with van der Waals surface area (Å²) in [5, 5.41) is 2.66. The Morgan fingerprint density at radius 1 is 1.03 bits per heavy atom. The molecule has 1 atom stereocenters. The second kappa shape index (κ2) is 10.5. The molecule has 0 saturated heterocycles. The van der Waals surface area contributed by atoms with Crippen LogP contribution in [0.3, 0.4) is 0 Å². The van der Waals surface area contributed by atoms with Crippen molar-refractivity contribution >= 4 is 17.8 Å². The fraction of sp³-hybridized carbons (Fsp3) is 0.227. The summed E-state index contributed by atoms with van der Waals surface area (Å²) in [5.41, 5.74) is 13.7. The number of carbonyl (C=O) groups is 2. The molecule has 0 unspecified atom stereocenters. The van der Waals surface area contributed by atoms with E-state index in [1.54, 1.807) is 31.2 Å². The molecule has 29 heavy (non-hydrogen) atoms. The summed E-state index contributed by atoms with van der Waals surface area (Å²) < 4.78 is 4.68. The molecule has 0 bridgehead atoms. The molecule has 7 nitrogen and oxygen atoms in total. The Morgan fingerprint density at radius 2 is 1.59 bits per heavy atom. The van der Waals surface area contributed by atoms with E-state index in [1.165, 1.54) is 7.11 Å². The van der Waals surface area contributed by atoms with Crippen LogP contribution in [0.15, 0.2) is 53.5 Å². The molecule has 7 heteroatoms. The van der Waals surface area contributed by atoms with Crippen molar-refractivity contribution in [3.8, 4) is 11.8 Å². The lowest BCUT2D eigenvalue weighted by Crippen LogP contribution is -2.41. The van der Waals surface area contributed by atoms with Crippen molar-refractivity contribution in [1.29, 1.82) is 0 Å². The number of benzene rings is 2. The fourth-order valence-corrected chi connectivity index (χ4v) is 2.44. The number of carbonyl (C=O) groups excluding carboxylic acids is 2. The quantitative estimate of drug-likeness (QED) is 0.298. The van der Waals surface area contributed by atoms with Crippen LogP contribution in [0.1, 0.15) is 40.4 Å². The Kier molecular flexibility index (Phi) is 7.80. The molecule has 0 radical (unpaired) electrons. The molecule has 0 saturated carbocycles. The molecule has 0 spiro atoms. The first-order valence-corrected chi connectivity index (χ1v) is 9.08. The Bertz CT molecular complexity index is 935. The van der Waals surface area contributed by atoms with Crippen LogP contribution in [0, 0.1) is 11.8 Å². The standard InChI is InChI=1S/C22H24N4O3/c1-3-19(21(28)29-2)26-20(27)18-12-10-16(11-13-18)5-4-15-6-8-17(9-7-15)14-25-22(23)24/h6-13,19H,3,14H2,1-2H3,(H,26,27)(H4,23,24,25)/t19-/m0/s1. The predicted octanol–water partition coefficient (Wildman–Crippen LogP) is 1.54. The molecule has 0 aromatic heterocycles. The monoisotopic (exact) mass is 392 g/mol. The molecule has 0 fully saturated rings. The van der Waals surface area contributed by atoms with Crippen LogP contribution in [0.5, 0.6) is 0 Å². The zero-order chi connectivity index (χ0) is 21.2. The minimum Gasteiger partial charge on any atom is -0.467 e. The minimum absolute atomic E-state index is 0.0570. The normalized spacial score (nSPS) is 10.8. The smallest absolute Gasteiger partial charge is 0.328 e. The van der Waals surface area contributed by atoms with E-state index in [0.717, 1.165) is 16.7 Å². The van der Waals surface area contributed by atoms with Gasteiger partial charge >= 0.3 is 5.97 Å². The van der Waals surface area contributed by atoms with Gasteiger partial charge in [0.25, 0.3) is 5.91 Å². The lowest BCUT2D eigenvalue weighted by molar-refractivity contribution is -0.142. The number of guanidine groups is 1. The number of methoxy groups -OCH3 is 1. The van der Waals surface area contributed by atoms with Crippen molar-refractivity contribution in [2.24, 2.45) is 16.5 Å². The van der Waals surface area contributed by atoms with Gasteiger partial charge in [0.15, 0.2) is 5.96 Å². The number of aliphatic imine (C=N–C) groups is 1. The number of amides is 1. The third-order valence-electron chi connectivity index (χ3n) is 4.10. The maximum atomic E-state index is 12.3. The van der Waals surface area contributed by atoms with E-state index in [9.17, 15) is 9.59 Å². The third-order valence-corrected chi connectivity index (χ3v) is 4.10. The Hall–Kier alpha value is -3.79. The van der Waals surface area contributed by atoms with E-state index in [1.807, 2.05) is 24.3 Å². The molecule has 1 amide bonds. The highest BCUT2D eigenvalue weighted by Gasteiger charge is 2.19. The van der Waals surface area contributed by atoms with Gasteiger partial charge in [-0.15, -0.1) is 0 Å². The first-order valence-electron chi connectivity index (χ1n) is 9.08. The minimum atomic E-state index is -0.665. The molecular formula is C22H24N4O3. The maximum absolute atomic E-state index is 12.3. The Labute approximate surface area is 170 Å². The first-order chi connectivity index (χ1) is 13.9. The number of ether oxygens (including phenoxy) is 1. The van der Waals surface area contributed by atoms with E-state index < -0.39 is 12.0 Å². The highest BCUT2D eigenvalue weighted by Crippen LogP contribution is 2.07. The van der Waals surface area contributed by atoms with E-state index in [0.29, 0.717) is 18.5 Å². The zero-order valence-electron chi connectivity index (χ0n) is 16.4. The molecule has 0 aliphatic rings. The summed E-state index contributed by atoms with van der Waals surface area (Å²) in [4.78, 5) is 27.8. The van der Waals surface area contributed by atoms with Crippen LogP contribution in [0.2, 0.25) is 0 Å². The van der Waals surface area contributed by atoms with E-state index in [-0.39, 0.29) is 11.9 Å². The van der Waals surface area contributed by atoms with Crippen molar-refractivity contribution in [3.05, 3.63) is 70.8 Å². The molecular weight excluding hydrogens is 368 g/mol. The lowest BCUT2D eigenvalue weighted by atomic mass is 10.1. The second-order valence-corrected chi connectivity index (χ2v) is 6.22. The largest absolute Gasteiger partial charge is 0.467 e. The summed E-state index contributed by atoms with van der Waals surface area (Å²) >= 11 is 0. The van der Waals surface area contributed by atoms with Gasteiger partial charge in [-0.25, -0.2) is 9.79 Å². The number of hydrogen-bond acceptors (Lipinski definition) is 4. The maximum Gasteiger partial charge on any atom is 0.328 e. The van der Waals surface area contributed by atoms with Gasteiger partial charge in [0.1, 0.15) is 6.04 Å². The molecule has 2 aromatic rings. The van der Waals surface area contributed by atoms with Crippen LogP contribution in [0.4, 0.5) is 0 Å². The van der Waals surface area contributed by atoms with Crippen LogP contribution in [0.25, 0.3) is 0 Å². The average molecular weight is 392 g/mol. The lowest BCUT2D eigenvalue weighted by Gasteiger charge is -2.14. The van der Waals surface area contributed by atoms with Crippen LogP contribution < -0.4 is 16.8 Å². The number of hydrogen-bond donors (Lipinski definition) is 3. The van der Waals surface area contributed by atoms with Gasteiger partial charge in [0.2, 0.25) is 0 Å². The Balaban J connectivity index is 2.01. The molecule has 0 heterocycles. The van der Waals surface area contributed by atoms with Crippen LogP contribution in [-0.4, -0.2) is 31.0 Å². The van der Waals surface area contributed by atoms with Gasteiger partial charge < -0.3 is 21.5 Å². The summed E-state index contributed by atoms with van der Waals surface area (Å²) in [5.74, 6) is 5.38. The summed E-state index contributed by atoms with van der Waals surface area (Å²) in [6, 6.07) is 13.8. The fourth-order valence-electron chi connectivity index (χ4n) is 2.44. The van der Waals surface area contributed by atoms with Crippen molar-refractivity contribution in [2.45, 2.75) is 25.9 Å². The average Bonchev–Trinajstić information content (AvgIpc) is 2.74. The number of nitrogens with zero attached hydrogens (tertiary/aromatic N) is 1. The van der Waals surface area contributed by atoms with Gasteiger partial charge in [0.05, 0.1) is 13.7 Å². The Morgan fingerprint density at radius 3 is 2.07 bits per heavy atom. The predicted molar refractivity (Wildman–Crippen MR) is 112 cm³/mol. The van der Waals surface area contributed by atoms with E-state index in [2.05, 4.69) is 26.9 Å². The van der Waals surface area contributed by atoms with Crippen molar-refractivity contribution in [2.75, 3.05) is 7.11 Å². The first kappa shape index (κ1) is 21.5. The molecule has 2 rings (SSSR count). The van der Waals surface area contributed by atoms with Crippen LogP contribution in [-0.2, 0) is 16.1 Å².